The second-order valence-corrected chi connectivity index (χ2v) is 16.6. The van der Waals surface area contributed by atoms with Crippen LogP contribution in [0.3, 0.4) is 0 Å². The van der Waals surface area contributed by atoms with Gasteiger partial charge in [0.1, 0.15) is 0 Å². The summed E-state index contributed by atoms with van der Waals surface area (Å²) < 4.78 is 13.8. The first-order valence-electron chi connectivity index (χ1n) is 15.3. The van der Waals surface area contributed by atoms with Crippen molar-refractivity contribution in [1.29, 1.82) is 0 Å². The van der Waals surface area contributed by atoms with E-state index in [9.17, 15) is 0 Å². The van der Waals surface area contributed by atoms with Gasteiger partial charge in [-0.1, -0.05) is 166 Å². The second kappa shape index (κ2) is 14.1. The average molecular weight is 573 g/mol. The summed E-state index contributed by atoms with van der Waals surface area (Å²) in [6.45, 7) is 7.61. The van der Waals surface area contributed by atoms with Gasteiger partial charge in [-0.05, 0) is 52.2 Å². The van der Waals surface area contributed by atoms with Crippen molar-refractivity contribution < 1.29 is 9.16 Å². The van der Waals surface area contributed by atoms with Crippen molar-refractivity contribution in [3.05, 3.63) is 150 Å². The van der Waals surface area contributed by atoms with E-state index in [0.717, 1.165) is 25.7 Å². The molecule has 0 saturated carbocycles. The summed E-state index contributed by atoms with van der Waals surface area (Å²) in [6, 6.07) is 43.1. The molecule has 4 aromatic rings. The van der Waals surface area contributed by atoms with E-state index in [1.807, 2.05) is 0 Å². The Morgan fingerprint density at radius 2 is 1.29 bits per heavy atom. The Morgan fingerprint density at radius 3 is 1.86 bits per heavy atom. The van der Waals surface area contributed by atoms with Crippen LogP contribution in [0.1, 0.15) is 51.2 Å². The molecule has 216 valence electrons. The molecule has 2 nitrogen and oxygen atoms in total. The molecule has 5 rings (SSSR count). The molecule has 0 bridgehead atoms. The minimum atomic E-state index is -2.58. The first-order chi connectivity index (χ1) is 20.4. The number of rotatable bonds is 10. The highest BCUT2D eigenvalue weighted by molar-refractivity contribution is 6.99. The fraction of sp³-hybridized carbons (Fsp3) is 0.282. The molecule has 0 spiro atoms. The van der Waals surface area contributed by atoms with E-state index >= 15 is 0 Å². The first kappa shape index (κ1) is 30.0. The molecule has 1 aliphatic heterocycles. The van der Waals surface area contributed by atoms with Crippen molar-refractivity contribution in [1.82, 2.24) is 0 Å². The number of hydrogen-bond acceptors (Lipinski definition) is 2. The maximum Gasteiger partial charge on any atom is 0.261 e. The van der Waals surface area contributed by atoms with Crippen LogP contribution in [0.2, 0.25) is 5.04 Å². The van der Waals surface area contributed by atoms with Crippen molar-refractivity contribution in [2.24, 2.45) is 0 Å². The van der Waals surface area contributed by atoms with Crippen LogP contribution in [0.25, 0.3) is 6.08 Å². The SMILES string of the molecule is CC(C)(C)[Si](OC/C=C1\C[C@@H](CCc2ccccc2)O[C@@H](/C=C/c2ccccc2)C1)(c1ccccc1)c1ccccc1. The Bertz CT molecular complexity index is 1380. The molecular weight excluding hydrogens is 529 g/mol. The van der Waals surface area contributed by atoms with Crippen molar-refractivity contribution in [2.75, 3.05) is 6.61 Å². The van der Waals surface area contributed by atoms with Gasteiger partial charge in [0.05, 0.1) is 18.8 Å². The Labute approximate surface area is 253 Å². The summed E-state index contributed by atoms with van der Waals surface area (Å²) in [6.07, 6.45) is 10.9. The monoisotopic (exact) mass is 572 g/mol. The van der Waals surface area contributed by atoms with Crippen LogP contribution in [0.15, 0.2) is 139 Å². The molecule has 1 fully saturated rings. The number of hydrogen-bond donors (Lipinski definition) is 0. The number of ether oxygens (including phenoxy) is 1. The van der Waals surface area contributed by atoms with Gasteiger partial charge in [0.2, 0.25) is 0 Å². The third kappa shape index (κ3) is 7.46. The fourth-order valence-electron chi connectivity index (χ4n) is 6.23. The highest BCUT2D eigenvalue weighted by Gasteiger charge is 2.49. The smallest absolute Gasteiger partial charge is 0.261 e. The predicted molar refractivity (Wildman–Crippen MR) is 180 cm³/mol. The molecule has 2 atom stereocenters. The molecule has 0 radical (unpaired) electrons. The van der Waals surface area contributed by atoms with Crippen molar-refractivity contribution in [3.63, 3.8) is 0 Å². The van der Waals surface area contributed by atoms with Gasteiger partial charge in [-0.3, -0.25) is 0 Å². The average Bonchev–Trinajstić information content (AvgIpc) is 3.02. The van der Waals surface area contributed by atoms with Crippen LogP contribution >= 0.6 is 0 Å². The van der Waals surface area contributed by atoms with Gasteiger partial charge in [-0.2, -0.15) is 0 Å². The Kier molecular flexibility index (Phi) is 10.1. The number of benzene rings is 4. The van der Waals surface area contributed by atoms with Crippen LogP contribution in [-0.2, 0) is 15.6 Å². The Morgan fingerprint density at radius 1 is 0.738 bits per heavy atom. The first-order valence-corrected chi connectivity index (χ1v) is 17.2. The molecule has 1 saturated heterocycles. The largest absolute Gasteiger partial charge is 0.404 e. The Hall–Kier alpha value is -3.50. The van der Waals surface area contributed by atoms with Gasteiger partial charge in [0, 0.05) is 0 Å². The van der Waals surface area contributed by atoms with E-state index in [4.69, 9.17) is 9.16 Å². The van der Waals surface area contributed by atoms with E-state index in [1.54, 1.807) is 0 Å². The van der Waals surface area contributed by atoms with Crippen LogP contribution in [0.5, 0.6) is 0 Å². The maximum absolute atomic E-state index is 7.20. The van der Waals surface area contributed by atoms with E-state index in [0.29, 0.717) is 6.61 Å². The normalized spacial score (nSPS) is 18.9. The van der Waals surface area contributed by atoms with Gasteiger partial charge in [0.15, 0.2) is 0 Å². The van der Waals surface area contributed by atoms with E-state index in [1.165, 1.54) is 27.1 Å². The molecule has 0 unspecified atom stereocenters. The predicted octanol–water partition coefficient (Wildman–Crippen LogP) is 8.38. The molecule has 0 aliphatic carbocycles. The maximum atomic E-state index is 7.20. The highest BCUT2D eigenvalue weighted by Crippen LogP contribution is 2.37. The molecule has 0 aromatic heterocycles. The third-order valence-corrected chi connectivity index (χ3v) is 13.3. The summed E-state index contributed by atoms with van der Waals surface area (Å²) in [4.78, 5) is 0. The second-order valence-electron chi connectivity index (χ2n) is 12.3. The molecule has 42 heavy (non-hydrogen) atoms. The van der Waals surface area contributed by atoms with Gasteiger partial charge < -0.3 is 9.16 Å². The lowest BCUT2D eigenvalue weighted by molar-refractivity contribution is -0.00978. The quantitative estimate of drug-likeness (QED) is 0.140. The minimum Gasteiger partial charge on any atom is -0.404 e. The van der Waals surface area contributed by atoms with Gasteiger partial charge >= 0.3 is 0 Å². The summed E-state index contributed by atoms with van der Waals surface area (Å²) in [5.74, 6) is 0. The zero-order chi connectivity index (χ0) is 29.3. The summed E-state index contributed by atoms with van der Waals surface area (Å²) in [5, 5.41) is 2.60. The van der Waals surface area contributed by atoms with Crippen molar-refractivity contribution >= 4 is 24.8 Å². The minimum absolute atomic E-state index is 0.0386. The Balaban J connectivity index is 1.39. The lowest BCUT2D eigenvalue weighted by atomic mass is 9.93. The highest BCUT2D eigenvalue weighted by atomic mass is 28.4. The van der Waals surface area contributed by atoms with Gasteiger partial charge in [0.25, 0.3) is 8.32 Å². The van der Waals surface area contributed by atoms with Crippen molar-refractivity contribution in [3.8, 4) is 0 Å². The van der Waals surface area contributed by atoms with Crippen molar-refractivity contribution in [2.45, 2.75) is 63.7 Å². The van der Waals surface area contributed by atoms with Gasteiger partial charge in [-0.25, -0.2) is 0 Å². The molecule has 1 heterocycles. The lowest BCUT2D eigenvalue weighted by Crippen LogP contribution is -2.66. The fourth-order valence-corrected chi connectivity index (χ4v) is 10.7. The van der Waals surface area contributed by atoms with Crippen LogP contribution < -0.4 is 10.4 Å². The zero-order valence-corrected chi connectivity index (χ0v) is 26.3. The topological polar surface area (TPSA) is 18.5 Å². The van der Waals surface area contributed by atoms with Crippen LogP contribution in [0.4, 0.5) is 0 Å². The van der Waals surface area contributed by atoms with E-state index in [2.05, 4.69) is 160 Å². The summed E-state index contributed by atoms with van der Waals surface area (Å²) in [7, 11) is -2.58. The zero-order valence-electron chi connectivity index (χ0n) is 25.3. The summed E-state index contributed by atoms with van der Waals surface area (Å²) in [5.41, 5.74) is 4.00. The number of aryl methyl sites for hydroxylation is 1. The summed E-state index contributed by atoms with van der Waals surface area (Å²) >= 11 is 0. The van der Waals surface area contributed by atoms with Gasteiger partial charge in [-0.15, -0.1) is 0 Å². The molecule has 3 heteroatoms. The molecule has 1 aliphatic rings. The third-order valence-electron chi connectivity index (χ3n) is 8.31. The lowest BCUT2D eigenvalue weighted by Gasteiger charge is -2.43. The van der Waals surface area contributed by atoms with E-state index < -0.39 is 8.32 Å². The molecular formula is C39H44O2Si. The molecule has 0 N–H and O–H groups in total. The van der Waals surface area contributed by atoms with Crippen LogP contribution in [-0.4, -0.2) is 27.1 Å². The van der Waals surface area contributed by atoms with E-state index in [-0.39, 0.29) is 17.2 Å². The standard InChI is InChI=1S/C39H44O2Si/c1-39(2,3)42(37-20-12-6-13-21-37,38-22-14-7-15-23-38)40-29-28-34-30-35(26-24-32-16-8-4-9-17-32)41-36(31-34)27-25-33-18-10-5-11-19-33/h4-24,26,28,35-36H,25,27,29-31H2,1-3H3/b26-24+,34-28-/t35-,36+/m0/s1. The molecule has 4 aromatic carbocycles. The molecule has 0 amide bonds. The van der Waals surface area contributed by atoms with Crippen LogP contribution in [0, 0.1) is 0 Å².